The first-order valence-electron chi connectivity index (χ1n) is 11.5. The van der Waals surface area contributed by atoms with E-state index in [-0.39, 0.29) is 18.9 Å². The summed E-state index contributed by atoms with van der Waals surface area (Å²) in [5.74, 6) is -1.28. The number of carbonyl (C=O) groups excluding carboxylic acids is 1. The number of aliphatic carboxylic acids is 1. The van der Waals surface area contributed by atoms with Crippen LogP contribution in [-0.4, -0.2) is 39.6 Å². The fourth-order valence-electron chi connectivity index (χ4n) is 4.78. The Kier molecular flexibility index (Phi) is 6.48. The molecule has 0 fully saturated rings. The number of halogens is 1. The highest BCUT2D eigenvalue weighted by Crippen LogP contribution is 2.44. The molecule has 0 unspecified atom stereocenters. The van der Waals surface area contributed by atoms with Gasteiger partial charge in [-0.1, -0.05) is 66.2 Å². The Labute approximate surface area is 213 Å². The van der Waals surface area contributed by atoms with E-state index in [4.69, 9.17) is 16.3 Å². The van der Waals surface area contributed by atoms with Gasteiger partial charge in [0.1, 0.15) is 12.6 Å². The maximum absolute atomic E-state index is 12.7. The molecule has 5 rings (SSSR count). The number of alkyl carbamates (subject to hydrolysis) is 1. The average molecular weight is 502 g/mol. The molecule has 7 nitrogen and oxygen atoms in total. The lowest BCUT2D eigenvalue weighted by Crippen LogP contribution is -2.43. The number of nitrogens with zero attached hydrogens (tertiary/aromatic N) is 2. The van der Waals surface area contributed by atoms with E-state index in [0.29, 0.717) is 10.6 Å². The van der Waals surface area contributed by atoms with Gasteiger partial charge in [0, 0.05) is 36.2 Å². The van der Waals surface area contributed by atoms with Crippen molar-refractivity contribution in [3.8, 4) is 22.3 Å². The summed E-state index contributed by atoms with van der Waals surface area (Å²) in [4.78, 5) is 24.8. The molecule has 1 atom stereocenters. The Bertz CT molecular complexity index is 1400. The quantitative estimate of drug-likeness (QED) is 0.359. The van der Waals surface area contributed by atoms with Crippen LogP contribution in [0.25, 0.3) is 22.3 Å². The third-order valence-electron chi connectivity index (χ3n) is 6.44. The molecule has 0 spiro atoms. The molecular formula is C28H24ClN3O4. The number of benzene rings is 3. The van der Waals surface area contributed by atoms with Crippen LogP contribution in [0.4, 0.5) is 4.79 Å². The standard InChI is InChI=1S/C28H24ClN3O4/c1-32-15-18(14-30-32)20-11-10-19(29)12-17(20)13-26(27(33)34)31-28(35)36-16-25-23-8-4-2-6-21(23)22-7-3-5-9-24(22)25/h2-12,14-15,25-26H,13,16H2,1H3,(H,31,35)(H,33,34)/t26-/m0/s1. The summed E-state index contributed by atoms with van der Waals surface area (Å²) >= 11 is 6.20. The third-order valence-corrected chi connectivity index (χ3v) is 6.68. The van der Waals surface area contributed by atoms with Crippen molar-refractivity contribution in [2.45, 2.75) is 18.4 Å². The lowest BCUT2D eigenvalue weighted by molar-refractivity contribution is -0.139. The normalized spacial score (nSPS) is 13.1. The maximum atomic E-state index is 12.7. The Morgan fingerprint density at radius 2 is 1.72 bits per heavy atom. The molecule has 1 aliphatic carbocycles. The van der Waals surface area contributed by atoms with Gasteiger partial charge in [-0.3, -0.25) is 4.68 Å². The van der Waals surface area contributed by atoms with Crippen molar-refractivity contribution in [1.82, 2.24) is 15.1 Å². The Morgan fingerprint density at radius 3 is 2.33 bits per heavy atom. The van der Waals surface area contributed by atoms with E-state index in [1.54, 1.807) is 30.1 Å². The van der Waals surface area contributed by atoms with Gasteiger partial charge in [-0.2, -0.15) is 5.10 Å². The van der Waals surface area contributed by atoms with E-state index < -0.39 is 18.1 Å². The molecule has 36 heavy (non-hydrogen) atoms. The van der Waals surface area contributed by atoms with Gasteiger partial charge in [0.15, 0.2) is 0 Å². The molecule has 4 aromatic rings. The van der Waals surface area contributed by atoms with E-state index >= 15 is 0 Å². The van der Waals surface area contributed by atoms with Gasteiger partial charge in [0.25, 0.3) is 0 Å². The van der Waals surface area contributed by atoms with Gasteiger partial charge in [0.05, 0.1) is 6.20 Å². The lowest BCUT2D eigenvalue weighted by atomic mass is 9.97. The molecule has 3 aromatic carbocycles. The summed E-state index contributed by atoms with van der Waals surface area (Å²) in [6.45, 7) is 0.101. The molecule has 1 heterocycles. The summed E-state index contributed by atoms with van der Waals surface area (Å²) in [6.07, 6.45) is 2.78. The first kappa shape index (κ1) is 23.6. The largest absolute Gasteiger partial charge is 0.480 e. The molecule has 0 bridgehead atoms. The van der Waals surface area contributed by atoms with Crippen molar-refractivity contribution < 1.29 is 19.4 Å². The first-order chi connectivity index (χ1) is 17.4. The van der Waals surface area contributed by atoms with Gasteiger partial charge in [-0.25, -0.2) is 9.59 Å². The van der Waals surface area contributed by atoms with Gasteiger partial charge < -0.3 is 15.2 Å². The highest BCUT2D eigenvalue weighted by atomic mass is 35.5. The van der Waals surface area contributed by atoms with Crippen molar-refractivity contribution in [3.63, 3.8) is 0 Å². The minimum atomic E-state index is -1.20. The van der Waals surface area contributed by atoms with Crippen molar-refractivity contribution in [1.29, 1.82) is 0 Å². The summed E-state index contributed by atoms with van der Waals surface area (Å²) in [5, 5.41) is 17.0. The molecule has 1 amide bonds. The van der Waals surface area contributed by atoms with Crippen molar-refractivity contribution in [3.05, 3.63) is 101 Å². The number of fused-ring (bicyclic) bond motifs is 3. The highest BCUT2D eigenvalue weighted by Gasteiger charge is 2.30. The SMILES string of the molecule is Cn1cc(-c2ccc(Cl)cc2C[C@H](NC(=O)OCC2c3ccccc3-c3ccccc32)C(=O)O)cn1. The number of hydrogen-bond acceptors (Lipinski definition) is 4. The molecule has 2 N–H and O–H groups in total. The lowest BCUT2D eigenvalue weighted by Gasteiger charge is -2.18. The molecule has 0 saturated heterocycles. The van der Waals surface area contributed by atoms with E-state index in [2.05, 4.69) is 22.5 Å². The van der Waals surface area contributed by atoms with Crippen LogP contribution in [0, 0.1) is 0 Å². The van der Waals surface area contributed by atoms with E-state index in [1.165, 1.54) is 0 Å². The Morgan fingerprint density at radius 1 is 1.06 bits per heavy atom. The Balaban J connectivity index is 1.31. The fraction of sp³-hybridized carbons (Fsp3) is 0.179. The summed E-state index contributed by atoms with van der Waals surface area (Å²) in [7, 11) is 1.80. The van der Waals surface area contributed by atoms with Gasteiger partial charge in [-0.15, -0.1) is 0 Å². The van der Waals surface area contributed by atoms with E-state index in [0.717, 1.165) is 33.4 Å². The first-order valence-corrected chi connectivity index (χ1v) is 11.9. The Hall–Kier alpha value is -4.10. The number of carboxylic acids is 1. The van der Waals surface area contributed by atoms with E-state index in [9.17, 15) is 14.7 Å². The second-order valence-corrected chi connectivity index (χ2v) is 9.21. The smallest absolute Gasteiger partial charge is 0.407 e. The minimum absolute atomic E-state index is 0.0321. The van der Waals surface area contributed by atoms with Gasteiger partial charge >= 0.3 is 12.1 Å². The topological polar surface area (TPSA) is 93.5 Å². The second-order valence-electron chi connectivity index (χ2n) is 8.77. The molecule has 8 heteroatoms. The predicted molar refractivity (Wildman–Crippen MR) is 137 cm³/mol. The van der Waals surface area contributed by atoms with Crippen molar-refractivity contribution in [2.24, 2.45) is 7.05 Å². The minimum Gasteiger partial charge on any atom is -0.480 e. The summed E-state index contributed by atoms with van der Waals surface area (Å²) in [5.41, 5.74) is 6.72. The van der Waals surface area contributed by atoms with Crippen LogP contribution >= 0.6 is 11.6 Å². The van der Waals surface area contributed by atoms with E-state index in [1.807, 2.05) is 48.7 Å². The van der Waals surface area contributed by atoms with Crippen LogP contribution in [0.5, 0.6) is 0 Å². The number of ether oxygens (including phenoxy) is 1. The third kappa shape index (κ3) is 4.70. The number of nitrogens with one attached hydrogen (secondary N) is 1. The number of hydrogen-bond donors (Lipinski definition) is 2. The van der Waals surface area contributed by atoms with Crippen LogP contribution in [0.2, 0.25) is 5.02 Å². The number of carboxylic acid groups (broad SMARTS) is 1. The van der Waals surface area contributed by atoms with Crippen LogP contribution in [0.1, 0.15) is 22.6 Å². The van der Waals surface area contributed by atoms with Gasteiger partial charge in [0.2, 0.25) is 0 Å². The number of amides is 1. The number of rotatable bonds is 7. The molecule has 1 aromatic heterocycles. The average Bonchev–Trinajstić information content (AvgIpc) is 3.43. The number of carbonyl (C=O) groups is 2. The van der Waals surface area contributed by atoms with Crippen LogP contribution in [-0.2, 0) is 23.0 Å². The van der Waals surface area contributed by atoms with Gasteiger partial charge in [-0.05, 0) is 45.5 Å². The molecular weight excluding hydrogens is 478 g/mol. The molecule has 0 radical (unpaired) electrons. The van der Waals surface area contributed by atoms with Crippen molar-refractivity contribution in [2.75, 3.05) is 6.61 Å². The number of aryl methyl sites for hydroxylation is 1. The molecule has 1 aliphatic rings. The monoisotopic (exact) mass is 501 g/mol. The summed E-state index contributed by atoms with van der Waals surface area (Å²) < 4.78 is 7.21. The molecule has 0 aliphatic heterocycles. The second kappa shape index (κ2) is 9.87. The maximum Gasteiger partial charge on any atom is 0.407 e. The van der Waals surface area contributed by atoms with Crippen LogP contribution in [0.15, 0.2) is 79.1 Å². The van der Waals surface area contributed by atoms with Crippen LogP contribution in [0.3, 0.4) is 0 Å². The number of aromatic nitrogens is 2. The summed E-state index contributed by atoms with van der Waals surface area (Å²) in [6, 6.07) is 20.1. The molecule has 182 valence electrons. The molecule has 0 saturated carbocycles. The zero-order valence-electron chi connectivity index (χ0n) is 19.5. The highest BCUT2D eigenvalue weighted by molar-refractivity contribution is 6.30. The zero-order valence-corrected chi connectivity index (χ0v) is 20.3. The van der Waals surface area contributed by atoms with Crippen molar-refractivity contribution >= 4 is 23.7 Å². The predicted octanol–water partition coefficient (Wildman–Crippen LogP) is 5.27. The zero-order chi connectivity index (χ0) is 25.2. The fourth-order valence-corrected chi connectivity index (χ4v) is 4.97. The van der Waals surface area contributed by atoms with Crippen LogP contribution < -0.4 is 5.32 Å².